The number of amidine groups is 1. The number of anilines is 1. The van der Waals surface area contributed by atoms with Gasteiger partial charge < -0.3 is 9.64 Å². The highest BCUT2D eigenvalue weighted by Gasteiger charge is 2.30. The van der Waals surface area contributed by atoms with Gasteiger partial charge in [0.1, 0.15) is 5.84 Å². The van der Waals surface area contributed by atoms with Gasteiger partial charge in [-0.05, 0) is 30.5 Å². The number of fused-ring (bicyclic) bond motifs is 2. The van der Waals surface area contributed by atoms with E-state index in [9.17, 15) is 18.0 Å². The molecule has 170 valence electrons. The third kappa shape index (κ3) is 4.73. The van der Waals surface area contributed by atoms with Crippen molar-refractivity contribution in [2.75, 3.05) is 24.6 Å². The van der Waals surface area contributed by atoms with Crippen LogP contribution in [0.3, 0.4) is 0 Å². The molecule has 0 radical (unpaired) electrons. The predicted molar refractivity (Wildman–Crippen MR) is 126 cm³/mol. The number of hydrogen-bond donors (Lipinski definition) is 1. The first-order chi connectivity index (χ1) is 15.9. The van der Waals surface area contributed by atoms with Crippen molar-refractivity contribution >= 4 is 44.2 Å². The number of carbonyl (C=O) groups excluding carboxylic acids is 2. The number of sulfonamides is 1. The Bertz CT molecular complexity index is 1350. The second kappa shape index (κ2) is 9.41. The number of carbonyl (C=O) groups is 2. The molecule has 1 aliphatic heterocycles. The van der Waals surface area contributed by atoms with Gasteiger partial charge in [-0.2, -0.15) is 0 Å². The van der Waals surface area contributed by atoms with E-state index >= 15 is 0 Å². The second-order valence-corrected chi connectivity index (χ2v) is 9.03. The number of benzene rings is 3. The van der Waals surface area contributed by atoms with Gasteiger partial charge in [0.25, 0.3) is 15.9 Å². The summed E-state index contributed by atoms with van der Waals surface area (Å²) >= 11 is 0. The lowest BCUT2D eigenvalue weighted by Crippen LogP contribution is -2.34. The molecule has 0 atom stereocenters. The maximum atomic E-state index is 12.8. The zero-order chi connectivity index (χ0) is 23.4. The fraction of sp³-hybridized carbons (Fsp3) is 0.208. The third-order valence-corrected chi connectivity index (χ3v) is 6.68. The van der Waals surface area contributed by atoms with Crippen molar-refractivity contribution in [2.45, 2.75) is 18.2 Å². The van der Waals surface area contributed by atoms with E-state index in [4.69, 9.17) is 4.74 Å². The first kappa shape index (κ1) is 22.5. The molecule has 1 heterocycles. The average molecular weight is 466 g/mol. The average Bonchev–Trinajstić information content (AvgIpc) is 3.08. The standard InChI is InChI=1S/C24H23N3O5S/c1-2-27(20-12-7-9-17-8-3-4-10-18(17)20)22(28)16-32-23(29)14-15-25-24-19-11-5-6-13-21(19)33(30,31)26-24/h3-13H,2,14-16H2,1H3,(H,25,26). The lowest BCUT2D eigenvalue weighted by atomic mass is 10.1. The molecule has 3 aromatic carbocycles. The molecule has 8 nitrogen and oxygen atoms in total. The Morgan fingerprint density at radius 3 is 2.55 bits per heavy atom. The van der Waals surface area contributed by atoms with E-state index in [2.05, 4.69) is 9.71 Å². The number of nitrogens with zero attached hydrogens (tertiary/aromatic N) is 2. The van der Waals surface area contributed by atoms with Gasteiger partial charge >= 0.3 is 5.97 Å². The topological polar surface area (TPSA) is 105 Å². The van der Waals surface area contributed by atoms with Gasteiger partial charge in [0.05, 0.1) is 23.5 Å². The molecule has 0 aliphatic carbocycles. The van der Waals surface area contributed by atoms with Crippen LogP contribution >= 0.6 is 0 Å². The number of aliphatic imine (C=N–C) groups is 1. The highest BCUT2D eigenvalue weighted by molar-refractivity contribution is 7.90. The van der Waals surface area contributed by atoms with Crippen LogP contribution in [0.1, 0.15) is 18.9 Å². The van der Waals surface area contributed by atoms with Crippen molar-refractivity contribution in [3.8, 4) is 0 Å². The Hall–Kier alpha value is -3.72. The summed E-state index contributed by atoms with van der Waals surface area (Å²) in [5.74, 6) is -0.718. The highest BCUT2D eigenvalue weighted by atomic mass is 32.2. The van der Waals surface area contributed by atoms with Crippen molar-refractivity contribution < 1.29 is 22.7 Å². The van der Waals surface area contributed by atoms with Gasteiger partial charge in [-0.3, -0.25) is 19.3 Å². The molecule has 0 bridgehead atoms. The lowest BCUT2D eigenvalue weighted by molar-refractivity contribution is -0.147. The first-order valence-electron chi connectivity index (χ1n) is 10.5. The van der Waals surface area contributed by atoms with Crippen LogP contribution < -0.4 is 9.62 Å². The van der Waals surface area contributed by atoms with Crippen molar-refractivity contribution in [1.29, 1.82) is 0 Å². The quantitative estimate of drug-likeness (QED) is 0.540. The number of amides is 1. The summed E-state index contributed by atoms with van der Waals surface area (Å²) in [6.45, 7) is 1.93. The minimum absolute atomic E-state index is 0.0278. The van der Waals surface area contributed by atoms with E-state index in [1.165, 1.54) is 6.07 Å². The molecule has 0 unspecified atom stereocenters. The van der Waals surface area contributed by atoms with Gasteiger partial charge in [0.2, 0.25) is 0 Å². The van der Waals surface area contributed by atoms with Crippen molar-refractivity contribution in [1.82, 2.24) is 4.72 Å². The number of nitrogens with one attached hydrogen (secondary N) is 1. The van der Waals surface area contributed by atoms with E-state index < -0.39 is 16.0 Å². The number of esters is 1. The van der Waals surface area contributed by atoms with E-state index in [-0.39, 0.29) is 36.2 Å². The van der Waals surface area contributed by atoms with E-state index in [1.54, 1.807) is 23.1 Å². The molecule has 0 aromatic heterocycles. The largest absolute Gasteiger partial charge is 0.455 e. The van der Waals surface area contributed by atoms with Gasteiger partial charge in [0.15, 0.2) is 6.61 Å². The van der Waals surface area contributed by atoms with Gasteiger partial charge in [-0.25, -0.2) is 8.42 Å². The molecule has 0 spiro atoms. The molecule has 1 amide bonds. The van der Waals surface area contributed by atoms with Crippen LogP contribution in [0.5, 0.6) is 0 Å². The zero-order valence-electron chi connectivity index (χ0n) is 18.0. The van der Waals surface area contributed by atoms with E-state index in [0.717, 1.165) is 16.5 Å². The summed E-state index contributed by atoms with van der Waals surface area (Å²) in [6, 6.07) is 20.0. The first-order valence-corrected chi connectivity index (χ1v) is 12.0. The van der Waals surface area contributed by atoms with Crippen molar-refractivity contribution in [2.24, 2.45) is 4.99 Å². The van der Waals surface area contributed by atoms with Crippen LogP contribution in [0.4, 0.5) is 5.69 Å². The van der Waals surface area contributed by atoms with Crippen LogP contribution in [0.15, 0.2) is 76.6 Å². The molecule has 0 saturated heterocycles. The minimum Gasteiger partial charge on any atom is -0.455 e. The zero-order valence-corrected chi connectivity index (χ0v) is 18.8. The summed E-state index contributed by atoms with van der Waals surface area (Å²) < 4.78 is 31.7. The highest BCUT2D eigenvalue weighted by Crippen LogP contribution is 2.27. The van der Waals surface area contributed by atoms with Crippen LogP contribution in [0, 0.1) is 0 Å². The van der Waals surface area contributed by atoms with Gasteiger partial charge in [-0.15, -0.1) is 0 Å². The van der Waals surface area contributed by atoms with Crippen molar-refractivity contribution in [3.63, 3.8) is 0 Å². The fourth-order valence-electron chi connectivity index (χ4n) is 3.73. The fourth-order valence-corrected chi connectivity index (χ4v) is 4.98. The molecule has 33 heavy (non-hydrogen) atoms. The summed E-state index contributed by atoms with van der Waals surface area (Å²) in [7, 11) is -3.63. The maximum Gasteiger partial charge on any atom is 0.308 e. The Morgan fingerprint density at radius 2 is 1.73 bits per heavy atom. The number of hydrogen-bond acceptors (Lipinski definition) is 6. The Kier molecular flexibility index (Phi) is 6.41. The summed E-state index contributed by atoms with van der Waals surface area (Å²) in [4.78, 5) is 30.8. The Labute approximate surface area is 191 Å². The second-order valence-electron chi connectivity index (χ2n) is 7.38. The Morgan fingerprint density at radius 1 is 1.00 bits per heavy atom. The normalized spacial score (nSPS) is 15.1. The maximum absolute atomic E-state index is 12.8. The molecular weight excluding hydrogens is 442 g/mol. The molecule has 3 aromatic rings. The lowest BCUT2D eigenvalue weighted by Gasteiger charge is -2.22. The van der Waals surface area contributed by atoms with Crippen LogP contribution in [-0.2, 0) is 24.3 Å². The smallest absolute Gasteiger partial charge is 0.308 e. The van der Waals surface area contributed by atoms with Gasteiger partial charge in [-0.1, -0.05) is 48.5 Å². The summed E-state index contributed by atoms with van der Waals surface area (Å²) in [6.07, 6.45) is -0.0823. The van der Waals surface area contributed by atoms with E-state index in [0.29, 0.717) is 12.1 Å². The molecular formula is C24H23N3O5S. The molecule has 0 fully saturated rings. The van der Waals surface area contributed by atoms with Crippen LogP contribution in [0.2, 0.25) is 0 Å². The minimum atomic E-state index is -3.63. The number of likely N-dealkylation sites (N-methyl/N-ethyl adjacent to an activating group) is 1. The SMILES string of the molecule is CCN(C(=O)COC(=O)CCN=C1NS(=O)(=O)c2ccccc21)c1cccc2ccccc12. The number of rotatable bonds is 7. The van der Waals surface area contributed by atoms with E-state index in [1.807, 2.05) is 49.4 Å². The van der Waals surface area contributed by atoms with Crippen LogP contribution in [-0.4, -0.2) is 45.8 Å². The molecule has 1 N–H and O–H groups in total. The molecule has 4 rings (SSSR count). The Balaban J connectivity index is 1.35. The summed E-state index contributed by atoms with van der Waals surface area (Å²) in [5, 5.41) is 1.96. The molecule has 1 aliphatic rings. The predicted octanol–water partition coefficient (Wildman–Crippen LogP) is 2.86. The molecule has 9 heteroatoms. The molecule has 0 saturated carbocycles. The van der Waals surface area contributed by atoms with Crippen molar-refractivity contribution in [3.05, 3.63) is 72.3 Å². The monoisotopic (exact) mass is 465 g/mol. The van der Waals surface area contributed by atoms with Crippen LogP contribution in [0.25, 0.3) is 10.8 Å². The third-order valence-electron chi connectivity index (χ3n) is 5.28. The number of ether oxygens (including phenoxy) is 1. The summed E-state index contributed by atoms with van der Waals surface area (Å²) in [5.41, 5.74) is 1.23. The van der Waals surface area contributed by atoms with Gasteiger partial charge in [0, 0.05) is 17.5 Å².